The molecule has 0 amide bonds. The molecule has 0 spiro atoms. The van der Waals surface area contributed by atoms with Gasteiger partial charge in [0.2, 0.25) is 0 Å². The van der Waals surface area contributed by atoms with Gasteiger partial charge in [-0.15, -0.1) is 0 Å². The minimum atomic E-state index is -0.780. The molecule has 1 aromatic carbocycles. The lowest BCUT2D eigenvalue weighted by Crippen LogP contribution is -2.32. The third kappa shape index (κ3) is 2.98. The molecule has 2 N–H and O–H groups in total. The van der Waals surface area contributed by atoms with Crippen molar-refractivity contribution in [1.29, 1.82) is 10.8 Å². The van der Waals surface area contributed by atoms with Gasteiger partial charge in [-0.05, 0) is 55.2 Å². The lowest BCUT2D eigenvalue weighted by molar-refractivity contribution is -0.146. The number of hydrogen-bond donors (Lipinski definition) is 2. The van der Waals surface area contributed by atoms with Crippen molar-refractivity contribution in [1.82, 2.24) is 4.98 Å². The number of carbonyl (C=O) groups excluding carboxylic acids is 1. The van der Waals surface area contributed by atoms with Crippen molar-refractivity contribution in [3.63, 3.8) is 0 Å². The number of nitrogens with one attached hydrogen (secondary N) is 2. The molecule has 0 unspecified atom stereocenters. The first-order valence-corrected chi connectivity index (χ1v) is 8.43. The molecule has 0 bridgehead atoms. The van der Waals surface area contributed by atoms with Gasteiger partial charge in [-0.3, -0.25) is 25.5 Å². The van der Waals surface area contributed by atoms with Gasteiger partial charge in [0.05, 0.1) is 24.6 Å². The first kappa shape index (κ1) is 17.8. The molecule has 2 heterocycles. The second-order valence-electron chi connectivity index (χ2n) is 6.87. The van der Waals surface area contributed by atoms with E-state index in [9.17, 15) is 4.79 Å². The van der Waals surface area contributed by atoms with Gasteiger partial charge in [0.25, 0.3) is 0 Å². The highest BCUT2D eigenvalue weighted by Crippen LogP contribution is 2.33. The van der Waals surface area contributed by atoms with Crippen LogP contribution in [0.5, 0.6) is 0 Å². The van der Waals surface area contributed by atoms with E-state index in [1.54, 1.807) is 17.3 Å². The Balaban J connectivity index is 2.01. The third-order valence-electron chi connectivity index (χ3n) is 4.88. The molecule has 134 valence electrons. The maximum atomic E-state index is 12.1. The predicted octanol–water partition coefficient (Wildman–Crippen LogP) is 3.54. The third-order valence-corrected chi connectivity index (χ3v) is 4.88. The summed E-state index contributed by atoms with van der Waals surface area (Å²) in [5, 5.41) is 15.5. The first-order valence-electron chi connectivity index (χ1n) is 8.43. The van der Waals surface area contributed by atoms with Gasteiger partial charge in [0.15, 0.2) is 0 Å². The van der Waals surface area contributed by atoms with Crippen molar-refractivity contribution in [2.75, 3.05) is 12.0 Å². The van der Waals surface area contributed by atoms with Crippen molar-refractivity contribution >= 4 is 23.8 Å². The van der Waals surface area contributed by atoms with Crippen LogP contribution in [0.4, 0.5) is 5.69 Å². The van der Waals surface area contributed by atoms with Crippen LogP contribution in [0.25, 0.3) is 11.1 Å². The molecular weight excluding hydrogens is 328 g/mol. The van der Waals surface area contributed by atoms with Crippen molar-refractivity contribution < 1.29 is 9.53 Å². The van der Waals surface area contributed by atoms with E-state index >= 15 is 0 Å². The Labute approximate surface area is 152 Å². The van der Waals surface area contributed by atoms with E-state index in [1.807, 2.05) is 32.0 Å². The highest BCUT2D eigenvalue weighted by molar-refractivity contribution is 6.11. The molecular formula is C20H22N4O2. The molecule has 0 saturated heterocycles. The number of anilines is 1. The predicted molar refractivity (Wildman–Crippen MR) is 102 cm³/mol. The zero-order valence-corrected chi connectivity index (χ0v) is 15.2. The highest BCUT2D eigenvalue weighted by atomic mass is 16.5. The number of aromatic nitrogens is 1. The molecule has 0 aliphatic carbocycles. The van der Waals surface area contributed by atoms with Crippen molar-refractivity contribution in [3.05, 3.63) is 47.8 Å². The summed E-state index contributed by atoms with van der Waals surface area (Å²) >= 11 is 0. The van der Waals surface area contributed by atoms with Crippen LogP contribution in [0.15, 0.2) is 36.7 Å². The van der Waals surface area contributed by atoms with Gasteiger partial charge >= 0.3 is 5.97 Å². The Bertz CT molecular complexity index is 889. The zero-order valence-electron chi connectivity index (χ0n) is 15.2. The van der Waals surface area contributed by atoms with Crippen LogP contribution >= 0.6 is 0 Å². The number of methoxy groups -OCH3 is 1. The average Bonchev–Trinajstić information content (AvgIpc) is 2.67. The highest BCUT2D eigenvalue weighted by Gasteiger charge is 2.31. The maximum absolute atomic E-state index is 12.1. The van der Waals surface area contributed by atoms with Crippen LogP contribution in [0.2, 0.25) is 0 Å². The number of rotatable bonds is 4. The molecule has 6 heteroatoms. The summed E-state index contributed by atoms with van der Waals surface area (Å²) < 4.78 is 4.91. The Kier molecular flexibility index (Phi) is 4.59. The van der Waals surface area contributed by atoms with Crippen molar-refractivity contribution in [2.24, 2.45) is 0 Å². The van der Waals surface area contributed by atoms with E-state index in [2.05, 4.69) is 11.1 Å². The number of nitrogens with zero attached hydrogens (tertiary/aromatic N) is 2. The maximum Gasteiger partial charge on any atom is 0.315 e. The van der Waals surface area contributed by atoms with Gasteiger partial charge in [0.1, 0.15) is 5.84 Å². The second-order valence-corrected chi connectivity index (χ2v) is 6.87. The number of hydrogen-bond acceptors (Lipinski definition) is 5. The number of aryl methyl sites for hydroxylation is 1. The van der Waals surface area contributed by atoms with Crippen molar-refractivity contribution in [3.8, 4) is 11.1 Å². The van der Waals surface area contributed by atoms with Crippen LogP contribution < -0.4 is 4.90 Å². The van der Waals surface area contributed by atoms with Crippen LogP contribution in [-0.4, -0.2) is 30.2 Å². The Morgan fingerprint density at radius 1 is 1.23 bits per heavy atom. The summed E-state index contributed by atoms with van der Waals surface area (Å²) in [5.74, 6) is 0.130. The van der Waals surface area contributed by atoms with Gasteiger partial charge in [-0.25, -0.2) is 0 Å². The average molecular weight is 350 g/mol. The van der Waals surface area contributed by atoms with E-state index in [0.29, 0.717) is 12.3 Å². The smallest absolute Gasteiger partial charge is 0.315 e. The fraction of sp³-hybridized carbons (Fsp3) is 0.300. The summed E-state index contributed by atoms with van der Waals surface area (Å²) in [6.45, 7) is 3.64. The number of fused-ring (bicyclic) bond motifs is 1. The number of carbonyl (C=O) groups is 1. The van der Waals surface area contributed by atoms with Gasteiger partial charge in [-0.2, -0.15) is 0 Å². The molecule has 1 aliphatic rings. The standard InChI is InChI=1S/C20H22N4O2/c1-20(2,19(25)26-3)16-9-15(10-23-11-16)13-4-6-17-14(8-13)5-7-18(22)24(17)12-21/h4,6,8-12,21-22H,5,7H2,1-3H3. The first-order chi connectivity index (χ1) is 12.4. The molecule has 0 atom stereocenters. The molecule has 0 radical (unpaired) electrons. The van der Waals surface area contributed by atoms with Crippen LogP contribution in [0.1, 0.15) is 31.4 Å². The number of amidine groups is 1. The van der Waals surface area contributed by atoms with Crippen LogP contribution in [0.3, 0.4) is 0 Å². The van der Waals surface area contributed by atoms with E-state index in [1.165, 1.54) is 13.4 Å². The topological polar surface area (TPSA) is 90.1 Å². The van der Waals surface area contributed by atoms with E-state index in [0.717, 1.165) is 34.4 Å². The molecule has 6 nitrogen and oxygen atoms in total. The summed E-state index contributed by atoms with van der Waals surface area (Å²) in [7, 11) is 1.39. The van der Waals surface area contributed by atoms with Crippen LogP contribution in [-0.2, 0) is 21.4 Å². The lowest BCUT2D eigenvalue weighted by Gasteiger charge is -2.28. The van der Waals surface area contributed by atoms with E-state index in [4.69, 9.17) is 15.6 Å². The molecule has 26 heavy (non-hydrogen) atoms. The minimum absolute atomic E-state index is 0.304. The minimum Gasteiger partial charge on any atom is -0.468 e. The molecule has 1 aromatic heterocycles. The van der Waals surface area contributed by atoms with Gasteiger partial charge in [-0.1, -0.05) is 6.07 Å². The molecule has 0 fully saturated rings. The lowest BCUT2D eigenvalue weighted by atomic mass is 9.84. The summed E-state index contributed by atoms with van der Waals surface area (Å²) in [6, 6.07) is 7.93. The quantitative estimate of drug-likeness (QED) is 0.501. The van der Waals surface area contributed by atoms with E-state index < -0.39 is 5.41 Å². The Morgan fingerprint density at radius 3 is 2.69 bits per heavy atom. The number of pyridine rings is 1. The monoisotopic (exact) mass is 350 g/mol. The number of esters is 1. The fourth-order valence-electron chi connectivity index (χ4n) is 3.18. The number of benzene rings is 1. The van der Waals surface area contributed by atoms with E-state index in [-0.39, 0.29) is 5.97 Å². The number of ether oxygens (including phenoxy) is 1. The van der Waals surface area contributed by atoms with Gasteiger partial charge < -0.3 is 4.74 Å². The molecule has 2 aromatic rings. The normalized spacial score (nSPS) is 14.0. The SMILES string of the molecule is COC(=O)C(C)(C)c1cncc(-c2ccc3c(c2)CCC(=N)N3C=N)c1. The van der Waals surface area contributed by atoms with Crippen molar-refractivity contribution in [2.45, 2.75) is 32.1 Å². The second kappa shape index (κ2) is 6.71. The Morgan fingerprint density at radius 2 is 2.00 bits per heavy atom. The zero-order chi connectivity index (χ0) is 18.9. The molecule has 0 saturated carbocycles. The summed E-state index contributed by atoms with van der Waals surface area (Å²) in [6.07, 6.45) is 6.03. The summed E-state index contributed by atoms with van der Waals surface area (Å²) in [5.41, 5.74) is 3.90. The van der Waals surface area contributed by atoms with Crippen LogP contribution in [0, 0.1) is 10.8 Å². The molecule has 1 aliphatic heterocycles. The largest absolute Gasteiger partial charge is 0.468 e. The Hall–Kier alpha value is -3.02. The van der Waals surface area contributed by atoms with Gasteiger partial charge in [0, 0.05) is 24.4 Å². The fourth-order valence-corrected chi connectivity index (χ4v) is 3.18. The molecule has 3 rings (SSSR count). The summed E-state index contributed by atoms with van der Waals surface area (Å²) in [4.78, 5) is 18.0.